The number of pyridine rings is 1. The molecule has 30 heavy (non-hydrogen) atoms. The van der Waals surface area contributed by atoms with E-state index in [0.717, 1.165) is 39.8 Å². The van der Waals surface area contributed by atoms with Gasteiger partial charge in [-0.05, 0) is 50.8 Å². The molecule has 1 saturated carbocycles. The molecule has 5 rings (SSSR count). The van der Waals surface area contributed by atoms with Gasteiger partial charge in [0.1, 0.15) is 11.4 Å². The maximum atomic E-state index is 12.1. The van der Waals surface area contributed by atoms with Crippen molar-refractivity contribution in [2.75, 3.05) is 0 Å². The lowest BCUT2D eigenvalue weighted by molar-refractivity contribution is -0.121. The first-order valence-corrected chi connectivity index (χ1v) is 11.0. The van der Waals surface area contributed by atoms with E-state index in [1.54, 1.807) is 11.3 Å². The molecular formula is C22H23N5O2S. The topological polar surface area (TPSA) is 93.8 Å². The molecule has 3 aromatic heterocycles. The first-order chi connectivity index (χ1) is 14.5. The van der Waals surface area contributed by atoms with Crippen LogP contribution in [0.4, 0.5) is 0 Å². The molecule has 0 aromatic carbocycles. The number of aromatic nitrogens is 4. The number of nitrogens with one attached hydrogen (secondary N) is 1. The van der Waals surface area contributed by atoms with Crippen molar-refractivity contribution in [2.24, 2.45) is 0 Å². The van der Waals surface area contributed by atoms with E-state index in [1.807, 2.05) is 19.2 Å². The number of hydrogen-bond acceptors (Lipinski definition) is 7. The van der Waals surface area contributed by atoms with Crippen molar-refractivity contribution < 1.29 is 9.21 Å². The minimum Gasteiger partial charge on any atom is -0.424 e. The Morgan fingerprint density at radius 1 is 1.33 bits per heavy atom. The fraction of sp³-hybridized carbons (Fsp3) is 0.409. The fourth-order valence-electron chi connectivity index (χ4n) is 3.58. The zero-order valence-electron chi connectivity index (χ0n) is 17.0. The maximum absolute atomic E-state index is 12.1. The molecule has 3 heterocycles. The van der Waals surface area contributed by atoms with E-state index in [0.29, 0.717) is 18.2 Å². The molecule has 0 bridgehead atoms. The van der Waals surface area contributed by atoms with Gasteiger partial charge < -0.3 is 9.73 Å². The van der Waals surface area contributed by atoms with E-state index in [9.17, 15) is 4.79 Å². The number of nitrogens with zero attached hydrogens (tertiary/aromatic N) is 4. The van der Waals surface area contributed by atoms with Crippen LogP contribution in [0, 0.1) is 6.92 Å². The summed E-state index contributed by atoms with van der Waals surface area (Å²) in [5.74, 6) is 1.03. The number of fused-ring (bicyclic) bond motifs is 1. The van der Waals surface area contributed by atoms with Crippen LogP contribution in [0.15, 0.2) is 22.7 Å². The first kappa shape index (κ1) is 19.1. The van der Waals surface area contributed by atoms with Gasteiger partial charge in [0.05, 0.1) is 16.3 Å². The molecule has 1 unspecified atom stereocenters. The quantitative estimate of drug-likeness (QED) is 0.652. The van der Waals surface area contributed by atoms with Crippen LogP contribution >= 0.6 is 11.3 Å². The van der Waals surface area contributed by atoms with E-state index in [1.165, 1.54) is 5.56 Å². The number of hydrogen-bond donors (Lipinski definition) is 1. The molecule has 3 aromatic rings. The molecular weight excluding hydrogens is 398 g/mol. The molecule has 2 aliphatic rings. The Labute approximate surface area is 178 Å². The van der Waals surface area contributed by atoms with Crippen LogP contribution in [0.5, 0.6) is 0 Å². The van der Waals surface area contributed by atoms with Crippen molar-refractivity contribution in [1.82, 2.24) is 25.5 Å². The lowest BCUT2D eigenvalue weighted by Crippen LogP contribution is -2.35. The average molecular weight is 422 g/mol. The molecule has 1 N–H and O–H groups in total. The van der Waals surface area contributed by atoms with Gasteiger partial charge in [0, 0.05) is 23.3 Å². The van der Waals surface area contributed by atoms with Gasteiger partial charge in [-0.25, -0.2) is 4.98 Å². The van der Waals surface area contributed by atoms with Gasteiger partial charge in [-0.1, -0.05) is 12.2 Å². The van der Waals surface area contributed by atoms with Gasteiger partial charge in [0.15, 0.2) is 0 Å². The van der Waals surface area contributed by atoms with Gasteiger partial charge in [-0.2, -0.15) is 0 Å². The molecule has 1 fully saturated rings. The first-order valence-electron chi connectivity index (χ1n) is 10.2. The second kappa shape index (κ2) is 7.43. The lowest BCUT2D eigenvalue weighted by Gasteiger charge is -2.12. The molecule has 0 saturated heterocycles. The predicted molar refractivity (Wildman–Crippen MR) is 113 cm³/mol. The molecule has 0 radical (unpaired) electrons. The van der Waals surface area contributed by atoms with E-state index in [2.05, 4.69) is 45.6 Å². The Morgan fingerprint density at radius 3 is 2.97 bits per heavy atom. The summed E-state index contributed by atoms with van der Waals surface area (Å²) in [5.41, 5.74) is 2.27. The van der Waals surface area contributed by atoms with Crippen LogP contribution in [-0.2, 0) is 17.6 Å². The van der Waals surface area contributed by atoms with E-state index in [4.69, 9.17) is 9.40 Å². The van der Waals surface area contributed by atoms with Gasteiger partial charge in [0.2, 0.25) is 17.7 Å². The summed E-state index contributed by atoms with van der Waals surface area (Å²) in [6.07, 6.45) is 9.82. The van der Waals surface area contributed by atoms with Crippen molar-refractivity contribution in [2.45, 2.75) is 57.4 Å². The fourth-order valence-corrected chi connectivity index (χ4v) is 4.64. The van der Waals surface area contributed by atoms with E-state index < -0.39 is 0 Å². The van der Waals surface area contributed by atoms with Gasteiger partial charge in [0.25, 0.3) is 0 Å². The van der Waals surface area contributed by atoms with Crippen molar-refractivity contribution in [3.8, 4) is 0 Å². The van der Waals surface area contributed by atoms with Gasteiger partial charge in [-0.15, -0.1) is 21.5 Å². The Balaban J connectivity index is 1.28. The number of carbonyl (C=O) groups is 1. The molecule has 0 spiro atoms. The zero-order chi connectivity index (χ0) is 20.7. The highest BCUT2D eigenvalue weighted by molar-refractivity contribution is 7.09. The van der Waals surface area contributed by atoms with Crippen LogP contribution < -0.4 is 15.2 Å². The number of rotatable bonds is 6. The Kier molecular flexibility index (Phi) is 4.73. The largest absolute Gasteiger partial charge is 0.424 e. The molecule has 8 heteroatoms. The summed E-state index contributed by atoms with van der Waals surface area (Å²) in [6, 6.07) is 4.16. The number of thiazole rings is 1. The maximum Gasteiger partial charge on any atom is 0.229 e. The number of amides is 1. The highest BCUT2D eigenvalue weighted by atomic mass is 32.1. The summed E-state index contributed by atoms with van der Waals surface area (Å²) >= 11 is 1.64. The summed E-state index contributed by atoms with van der Waals surface area (Å²) < 4.78 is 6.84. The summed E-state index contributed by atoms with van der Waals surface area (Å²) in [4.78, 5) is 21.3. The highest BCUT2D eigenvalue weighted by Gasteiger charge is 2.38. The second-order valence-corrected chi connectivity index (χ2v) is 9.50. The van der Waals surface area contributed by atoms with Crippen LogP contribution in [0.3, 0.4) is 0 Å². The third-order valence-electron chi connectivity index (χ3n) is 5.52. The van der Waals surface area contributed by atoms with Crippen molar-refractivity contribution in [3.63, 3.8) is 0 Å². The van der Waals surface area contributed by atoms with E-state index in [-0.39, 0.29) is 23.8 Å². The highest BCUT2D eigenvalue weighted by Crippen LogP contribution is 2.34. The smallest absolute Gasteiger partial charge is 0.229 e. The van der Waals surface area contributed by atoms with Crippen molar-refractivity contribution in [3.05, 3.63) is 56.3 Å². The van der Waals surface area contributed by atoms with Gasteiger partial charge >= 0.3 is 0 Å². The molecule has 0 aliphatic heterocycles. The Morgan fingerprint density at radius 2 is 2.17 bits per heavy atom. The van der Waals surface area contributed by atoms with E-state index >= 15 is 0 Å². The molecule has 7 nitrogen and oxygen atoms in total. The molecule has 1 atom stereocenters. The predicted octanol–water partition coefficient (Wildman–Crippen LogP) is 1.78. The third-order valence-corrected chi connectivity index (χ3v) is 6.56. The number of aryl methyl sites for hydroxylation is 1. The van der Waals surface area contributed by atoms with Crippen molar-refractivity contribution >= 4 is 29.4 Å². The SMILES string of the molecule is Cc1ccnc(C2C=c3sc(Cc4nnc(CC(=O)NC5(C)CC5)o4)nc3=CC2)c1. The van der Waals surface area contributed by atoms with Gasteiger partial charge in [-0.3, -0.25) is 9.78 Å². The summed E-state index contributed by atoms with van der Waals surface area (Å²) in [5, 5.41) is 13.1. The standard InChI is InChI=1S/C22H23N5O2S/c1-13-5-8-23-16(9-13)14-3-4-15-17(10-14)30-21(24-15)12-20-27-26-19(29-20)11-18(28)25-22(2)6-7-22/h4-5,8-10,14H,3,6-7,11-12H2,1-2H3,(H,25,28). The number of carbonyl (C=O) groups excluding carboxylic acids is 1. The summed E-state index contributed by atoms with van der Waals surface area (Å²) in [6.45, 7) is 4.13. The Bertz CT molecular complexity index is 1220. The molecule has 2 aliphatic carbocycles. The van der Waals surface area contributed by atoms with Crippen molar-refractivity contribution in [1.29, 1.82) is 0 Å². The summed E-state index contributed by atoms with van der Waals surface area (Å²) in [7, 11) is 0. The van der Waals surface area contributed by atoms with Crippen LogP contribution in [0.25, 0.3) is 12.2 Å². The lowest BCUT2D eigenvalue weighted by atomic mass is 9.97. The average Bonchev–Trinajstić information content (AvgIpc) is 3.10. The second-order valence-electron chi connectivity index (χ2n) is 8.38. The monoisotopic (exact) mass is 421 g/mol. The normalized spacial score (nSPS) is 18.8. The van der Waals surface area contributed by atoms with Crippen LogP contribution in [0.2, 0.25) is 0 Å². The third kappa shape index (κ3) is 4.18. The minimum atomic E-state index is -0.0742. The molecule has 1 amide bonds. The minimum absolute atomic E-state index is 0.0429. The zero-order valence-corrected chi connectivity index (χ0v) is 17.8. The molecule has 154 valence electrons. The Hall–Kier alpha value is -2.87. The van der Waals surface area contributed by atoms with Crippen LogP contribution in [0.1, 0.15) is 60.2 Å². The van der Waals surface area contributed by atoms with Crippen LogP contribution in [-0.4, -0.2) is 31.6 Å².